The smallest absolute Gasteiger partial charge is 0.344 e. The molecule has 214 valence electrons. The average Bonchev–Trinajstić information content (AvgIpc) is 2.89. The molecule has 40 heavy (non-hydrogen) atoms. The molecule has 2 amide bonds. The average molecular weight is 570 g/mol. The highest BCUT2D eigenvalue weighted by Crippen LogP contribution is 2.55. The van der Waals surface area contributed by atoms with Crippen LogP contribution in [0, 0.1) is 17.8 Å². The van der Waals surface area contributed by atoms with Gasteiger partial charge in [-0.3, -0.25) is 13.9 Å². The van der Waals surface area contributed by atoms with Crippen LogP contribution in [0.3, 0.4) is 0 Å². The Morgan fingerprint density at radius 3 is 2.02 bits per heavy atom. The van der Waals surface area contributed by atoms with Crippen molar-refractivity contribution in [3.05, 3.63) is 48.5 Å². The normalized spacial score (nSPS) is 24.7. The molecule has 2 aromatic carbocycles. The third kappa shape index (κ3) is 6.24. The van der Waals surface area contributed by atoms with Crippen LogP contribution in [-0.4, -0.2) is 52.0 Å². The molecule has 6 rings (SSSR count). The number of amides is 2. The lowest BCUT2D eigenvalue weighted by molar-refractivity contribution is -0.151. The largest absolute Gasteiger partial charge is 0.482 e. The van der Waals surface area contributed by atoms with E-state index in [1.807, 2.05) is 0 Å². The molecule has 4 fully saturated rings. The zero-order chi connectivity index (χ0) is 28.5. The van der Waals surface area contributed by atoms with Crippen LogP contribution in [0.25, 0.3) is 0 Å². The van der Waals surface area contributed by atoms with Crippen molar-refractivity contribution in [2.45, 2.75) is 55.9 Å². The van der Waals surface area contributed by atoms with Crippen molar-refractivity contribution in [1.29, 1.82) is 0 Å². The van der Waals surface area contributed by atoms with Gasteiger partial charge in [0.1, 0.15) is 5.75 Å². The molecule has 2 aromatic rings. The summed E-state index contributed by atoms with van der Waals surface area (Å²) in [5.41, 5.74) is 0.757. The molecular weight excluding hydrogens is 534 g/mol. The highest BCUT2D eigenvalue weighted by atomic mass is 32.2. The Balaban J connectivity index is 1.08. The van der Waals surface area contributed by atoms with E-state index in [0.29, 0.717) is 34.9 Å². The van der Waals surface area contributed by atoms with E-state index in [4.69, 9.17) is 9.47 Å². The Kier molecular flexibility index (Phi) is 7.76. The number of carbonyl (C=O) groups is 3. The van der Waals surface area contributed by atoms with Gasteiger partial charge in [-0.15, -0.1) is 0 Å². The summed E-state index contributed by atoms with van der Waals surface area (Å²) in [5, 5.41) is 5.77. The molecular formula is C29H35N3O7S. The van der Waals surface area contributed by atoms with Crippen molar-refractivity contribution >= 4 is 39.2 Å². The topological polar surface area (TPSA) is 131 Å². The second kappa shape index (κ2) is 11.1. The van der Waals surface area contributed by atoms with Crippen molar-refractivity contribution in [2.75, 3.05) is 29.9 Å². The third-order valence-electron chi connectivity index (χ3n) is 8.20. The molecule has 0 radical (unpaired) electrons. The van der Waals surface area contributed by atoms with E-state index in [1.54, 1.807) is 24.3 Å². The Labute approximate surface area is 234 Å². The van der Waals surface area contributed by atoms with Crippen molar-refractivity contribution in [3.8, 4) is 5.75 Å². The Morgan fingerprint density at radius 2 is 1.48 bits per heavy atom. The number of rotatable bonds is 10. The maximum atomic E-state index is 13.0. The van der Waals surface area contributed by atoms with E-state index in [9.17, 15) is 22.8 Å². The minimum atomic E-state index is -3.84. The standard InChI is InChI=1S/C29H35N3O7S/c1-19(33)30-23-3-9-26(10-4-23)40(36,37)32(2)24-5-7-25(8-6-24)38-18-28(35)39-17-27(34)31-29-14-20-11-21(15-29)13-22(12-20)16-29/h3-10,20-22H,11-18H2,1-2H3,(H,30,33)(H,31,34). The van der Waals surface area contributed by atoms with E-state index in [-0.39, 0.29) is 35.5 Å². The Morgan fingerprint density at radius 1 is 0.900 bits per heavy atom. The van der Waals surface area contributed by atoms with Crippen LogP contribution >= 0.6 is 0 Å². The molecule has 4 aliphatic rings. The molecule has 0 unspecified atom stereocenters. The first-order chi connectivity index (χ1) is 19.0. The third-order valence-corrected chi connectivity index (χ3v) is 10.00. The molecule has 0 heterocycles. The first kappa shape index (κ1) is 27.9. The molecule has 10 nitrogen and oxygen atoms in total. The van der Waals surface area contributed by atoms with Gasteiger partial charge in [0.2, 0.25) is 5.91 Å². The lowest BCUT2D eigenvalue weighted by Crippen LogP contribution is -2.60. The fraction of sp³-hybridized carbons (Fsp3) is 0.483. The van der Waals surface area contributed by atoms with Crippen LogP contribution in [0.5, 0.6) is 5.75 Å². The molecule has 0 aliphatic heterocycles. The van der Waals surface area contributed by atoms with Gasteiger partial charge in [-0.2, -0.15) is 0 Å². The molecule has 4 aliphatic carbocycles. The molecule has 4 bridgehead atoms. The summed E-state index contributed by atoms with van der Waals surface area (Å²) in [6.07, 6.45) is 6.92. The van der Waals surface area contributed by atoms with Gasteiger partial charge < -0.3 is 20.1 Å². The van der Waals surface area contributed by atoms with Crippen LogP contribution in [0.15, 0.2) is 53.4 Å². The number of anilines is 2. The van der Waals surface area contributed by atoms with Crippen molar-refractivity contribution in [1.82, 2.24) is 5.32 Å². The molecule has 4 saturated carbocycles. The number of nitrogens with one attached hydrogen (secondary N) is 2. The summed E-state index contributed by atoms with van der Waals surface area (Å²) in [7, 11) is -2.41. The summed E-state index contributed by atoms with van der Waals surface area (Å²) in [4.78, 5) is 36.0. The number of esters is 1. The second-order valence-electron chi connectivity index (χ2n) is 11.4. The fourth-order valence-corrected chi connectivity index (χ4v) is 8.08. The van der Waals surface area contributed by atoms with Crippen LogP contribution in [-0.2, 0) is 29.1 Å². The summed E-state index contributed by atoms with van der Waals surface area (Å²) < 4.78 is 37.8. The van der Waals surface area contributed by atoms with Gasteiger partial charge in [0, 0.05) is 25.2 Å². The zero-order valence-corrected chi connectivity index (χ0v) is 23.5. The van der Waals surface area contributed by atoms with Crippen LogP contribution in [0.4, 0.5) is 11.4 Å². The van der Waals surface area contributed by atoms with Gasteiger partial charge in [-0.1, -0.05) is 0 Å². The number of hydrogen-bond acceptors (Lipinski definition) is 7. The predicted octanol–water partition coefficient (Wildman–Crippen LogP) is 3.48. The van der Waals surface area contributed by atoms with E-state index < -0.39 is 16.0 Å². The summed E-state index contributed by atoms with van der Waals surface area (Å²) in [6.45, 7) is 0.660. The number of carbonyl (C=O) groups excluding carboxylic acids is 3. The first-order valence-electron chi connectivity index (χ1n) is 13.6. The molecule has 0 saturated heterocycles. The number of sulfonamides is 1. The van der Waals surface area contributed by atoms with Gasteiger partial charge in [0.25, 0.3) is 15.9 Å². The van der Waals surface area contributed by atoms with Gasteiger partial charge in [0.05, 0.1) is 10.6 Å². The summed E-state index contributed by atoms with van der Waals surface area (Å²) in [6, 6.07) is 12.1. The second-order valence-corrected chi connectivity index (χ2v) is 13.3. The van der Waals surface area contributed by atoms with E-state index in [1.165, 1.54) is 57.5 Å². The molecule has 0 spiro atoms. The number of nitrogens with zero attached hydrogens (tertiary/aromatic N) is 1. The van der Waals surface area contributed by atoms with Crippen molar-refractivity contribution in [2.24, 2.45) is 17.8 Å². The highest BCUT2D eigenvalue weighted by Gasteiger charge is 2.51. The minimum absolute atomic E-state index is 0.0689. The number of hydrogen-bond donors (Lipinski definition) is 2. The minimum Gasteiger partial charge on any atom is -0.482 e. The maximum absolute atomic E-state index is 13.0. The van der Waals surface area contributed by atoms with E-state index >= 15 is 0 Å². The lowest BCUT2D eigenvalue weighted by Gasteiger charge is -2.56. The predicted molar refractivity (Wildman–Crippen MR) is 148 cm³/mol. The Hall–Kier alpha value is -3.60. The lowest BCUT2D eigenvalue weighted by atomic mass is 9.53. The maximum Gasteiger partial charge on any atom is 0.344 e. The van der Waals surface area contributed by atoms with Gasteiger partial charge in [0.15, 0.2) is 13.2 Å². The summed E-state index contributed by atoms with van der Waals surface area (Å²) in [5.74, 6) is 1.29. The fourth-order valence-electron chi connectivity index (χ4n) is 6.89. The first-order valence-corrected chi connectivity index (χ1v) is 15.0. The van der Waals surface area contributed by atoms with Crippen molar-refractivity contribution in [3.63, 3.8) is 0 Å². The molecule has 0 atom stereocenters. The number of benzene rings is 2. The quantitative estimate of drug-likeness (QED) is 0.419. The molecule has 11 heteroatoms. The van der Waals surface area contributed by atoms with Gasteiger partial charge >= 0.3 is 5.97 Å². The highest BCUT2D eigenvalue weighted by molar-refractivity contribution is 7.92. The van der Waals surface area contributed by atoms with Crippen LogP contribution < -0.4 is 19.7 Å². The van der Waals surface area contributed by atoms with Gasteiger partial charge in [-0.05, 0) is 105 Å². The SMILES string of the molecule is CC(=O)Nc1ccc(S(=O)(=O)N(C)c2ccc(OCC(=O)OCC(=O)NC34CC5CC(CC(C5)C3)C4)cc2)cc1. The van der Waals surface area contributed by atoms with Crippen molar-refractivity contribution < 1.29 is 32.3 Å². The summed E-state index contributed by atoms with van der Waals surface area (Å²) >= 11 is 0. The Bertz CT molecular complexity index is 1340. The molecule has 2 N–H and O–H groups in total. The van der Waals surface area contributed by atoms with Crippen LogP contribution in [0.1, 0.15) is 45.4 Å². The van der Waals surface area contributed by atoms with E-state index in [0.717, 1.165) is 23.6 Å². The van der Waals surface area contributed by atoms with Gasteiger partial charge in [-0.25, -0.2) is 13.2 Å². The molecule has 0 aromatic heterocycles. The van der Waals surface area contributed by atoms with Crippen LogP contribution in [0.2, 0.25) is 0 Å². The monoisotopic (exact) mass is 569 g/mol. The zero-order valence-electron chi connectivity index (χ0n) is 22.7. The van der Waals surface area contributed by atoms with E-state index in [2.05, 4.69) is 10.6 Å². The number of ether oxygens (including phenoxy) is 2.